The Balaban J connectivity index is 3.89. The maximum atomic E-state index is 11.3. The number of rotatable bonds is 19. The van der Waals surface area contributed by atoms with E-state index >= 15 is 0 Å². The van der Waals surface area contributed by atoms with Crippen molar-refractivity contribution < 1.29 is 14.6 Å². The Kier molecular flexibility index (Phi) is 18.9. The van der Waals surface area contributed by atoms with E-state index in [0.29, 0.717) is 0 Å². The highest BCUT2D eigenvalue weighted by molar-refractivity contribution is 5.66. The Morgan fingerprint density at radius 1 is 0.821 bits per heavy atom. The molecule has 0 aromatic heterocycles. The van der Waals surface area contributed by atoms with Crippen molar-refractivity contribution in [3.8, 4) is 0 Å². The molecule has 3 atom stereocenters. The number of hydrogen-bond acceptors (Lipinski definition) is 4. The zero-order valence-corrected chi connectivity index (χ0v) is 19.1. The van der Waals surface area contributed by atoms with Gasteiger partial charge in [-0.25, -0.2) is 4.79 Å². The number of ether oxygens (including phenoxy) is 1. The van der Waals surface area contributed by atoms with Crippen LogP contribution in [-0.2, 0) is 4.74 Å². The van der Waals surface area contributed by atoms with Crippen LogP contribution in [0.4, 0.5) is 4.79 Å². The van der Waals surface area contributed by atoms with Gasteiger partial charge in [0.2, 0.25) is 0 Å². The van der Waals surface area contributed by atoms with E-state index in [1.54, 1.807) is 6.92 Å². The topological polar surface area (TPSA) is 70.6 Å². The SMILES string of the molecule is CCCCCCCCCCCCCC(CCCC)NC(O)C(C)OC(=O)NC. The first-order valence-corrected chi connectivity index (χ1v) is 11.9. The summed E-state index contributed by atoms with van der Waals surface area (Å²) in [5.74, 6) is 0. The fourth-order valence-electron chi connectivity index (χ4n) is 3.49. The maximum Gasteiger partial charge on any atom is 0.407 e. The smallest absolute Gasteiger partial charge is 0.407 e. The summed E-state index contributed by atoms with van der Waals surface area (Å²) in [7, 11) is 1.52. The summed E-state index contributed by atoms with van der Waals surface area (Å²) in [6.45, 7) is 6.17. The highest BCUT2D eigenvalue weighted by atomic mass is 16.6. The molecular formula is C23H48N2O3. The standard InChI is InChI=1S/C23H48N2O3/c1-5-7-9-10-11-12-13-14-15-16-17-19-21(18-8-6-2)25-22(26)20(3)28-23(27)24-4/h20-22,25-26H,5-19H2,1-4H3,(H,24,27). The Bertz CT molecular complexity index is 353. The summed E-state index contributed by atoms with van der Waals surface area (Å²) in [4.78, 5) is 11.3. The number of aliphatic hydroxyl groups is 1. The molecule has 0 rings (SSSR count). The van der Waals surface area contributed by atoms with Gasteiger partial charge in [0.25, 0.3) is 0 Å². The highest BCUT2D eigenvalue weighted by Gasteiger charge is 2.21. The molecule has 0 radical (unpaired) electrons. The van der Waals surface area contributed by atoms with Gasteiger partial charge in [-0.15, -0.1) is 0 Å². The Hall–Kier alpha value is -0.810. The molecule has 0 heterocycles. The lowest BCUT2D eigenvalue weighted by Gasteiger charge is -2.26. The van der Waals surface area contributed by atoms with Crippen molar-refractivity contribution in [2.75, 3.05) is 7.05 Å². The maximum absolute atomic E-state index is 11.3. The van der Waals surface area contributed by atoms with Crippen molar-refractivity contribution in [2.24, 2.45) is 0 Å². The van der Waals surface area contributed by atoms with E-state index in [2.05, 4.69) is 24.5 Å². The lowest BCUT2D eigenvalue weighted by Crippen LogP contribution is -2.46. The molecule has 0 aliphatic rings. The summed E-state index contributed by atoms with van der Waals surface area (Å²) in [6.07, 6.45) is 17.3. The number of alkyl carbamates (subject to hydrolysis) is 1. The minimum absolute atomic E-state index is 0.282. The lowest BCUT2D eigenvalue weighted by molar-refractivity contribution is -0.0118. The van der Waals surface area contributed by atoms with Crippen LogP contribution in [0, 0.1) is 0 Å². The molecule has 3 unspecified atom stereocenters. The minimum atomic E-state index is -0.827. The van der Waals surface area contributed by atoms with Crippen LogP contribution in [0.5, 0.6) is 0 Å². The van der Waals surface area contributed by atoms with Gasteiger partial charge in [0.1, 0.15) is 12.3 Å². The van der Waals surface area contributed by atoms with Crippen LogP contribution < -0.4 is 10.6 Å². The third-order valence-corrected chi connectivity index (χ3v) is 5.41. The molecule has 0 bridgehead atoms. The normalized spacial score (nSPS) is 14.5. The molecule has 0 spiro atoms. The number of carbonyl (C=O) groups excluding carboxylic acids is 1. The van der Waals surface area contributed by atoms with Crippen molar-refractivity contribution in [3.05, 3.63) is 0 Å². The zero-order valence-electron chi connectivity index (χ0n) is 19.1. The molecule has 0 aliphatic heterocycles. The van der Waals surface area contributed by atoms with Crippen molar-refractivity contribution in [2.45, 2.75) is 135 Å². The largest absolute Gasteiger partial charge is 0.442 e. The fraction of sp³-hybridized carbons (Fsp3) is 0.957. The van der Waals surface area contributed by atoms with E-state index in [0.717, 1.165) is 25.7 Å². The predicted molar refractivity (Wildman–Crippen MR) is 119 cm³/mol. The molecule has 168 valence electrons. The zero-order chi connectivity index (χ0) is 21.0. The van der Waals surface area contributed by atoms with E-state index in [4.69, 9.17) is 4.74 Å². The summed E-state index contributed by atoms with van der Waals surface area (Å²) in [6, 6.07) is 0.282. The first-order chi connectivity index (χ1) is 13.5. The molecular weight excluding hydrogens is 352 g/mol. The predicted octanol–water partition coefficient (Wildman–Crippen LogP) is 5.90. The molecule has 1 amide bonds. The van der Waals surface area contributed by atoms with E-state index in [-0.39, 0.29) is 6.04 Å². The van der Waals surface area contributed by atoms with Crippen LogP contribution in [0.2, 0.25) is 0 Å². The molecule has 0 aromatic carbocycles. The Morgan fingerprint density at radius 2 is 1.29 bits per heavy atom. The van der Waals surface area contributed by atoms with Gasteiger partial charge in [0.05, 0.1) is 0 Å². The quantitative estimate of drug-likeness (QED) is 0.186. The number of carbonyl (C=O) groups is 1. The first kappa shape index (κ1) is 27.2. The van der Waals surface area contributed by atoms with Crippen LogP contribution in [0.1, 0.15) is 117 Å². The Morgan fingerprint density at radius 3 is 1.79 bits per heavy atom. The van der Waals surface area contributed by atoms with E-state index < -0.39 is 18.4 Å². The lowest BCUT2D eigenvalue weighted by atomic mass is 10.0. The average molecular weight is 401 g/mol. The van der Waals surface area contributed by atoms with Gasteiger partial charge >= 0.3 is 6.09 Å². The van der Waals surface area contributed by atoms with Crippen molar-refractivity contribution in [3.63, 3.8) is 0 Å². The van der Waals surface area contributed by atoms with Crippen molar-refractivity contribution >= 4 is 6.09 Å². The van der Waals surface area contributed by atoms with Gasteiger partial charge in [-0.3, -0.25) is 5.32 Å². The van der Waals surface area contributed by atoms with Crippen LogP contribution in [0.15, 0.2) is 0 Å². The summed E-state index contributed by atoms with van der Waals surface area (Å²) in [5, 5.41) is 16.0. The summed E-state index contributed by atoms with van der Waals surface area (Å²) in [5.41, 5.74) is 0. The van der Waals surface area contributed by atoms with Crippen molar-refractivity contribution in [1.29, 1.82) is 0 Å². The number of hydrogen-bond donors (Lipinski definition) is 3. The molecule has 0 fully saturated rings. The average Bonchev–Trinajstić information content (AvgIpc) is 2.69. The van der Waals surface area contributed by atoms with Crippen LogP contribution >= 0.6 is 0 Å². The molecule has 0 aliphatic carbocycles. The second kappa shape index (κ2) is 19.5. The van der Waals surface area contributed by atoms with Gasteiger partial charge in [-0.05, 0) is 19.8 Å². The second-order valence-corrected chi connectivity index (χ2v) is 8.14. The Labute approximate surface area is 174 Å². The molecule has 0 saturated heterocycles. The van der Waals surface area contributed by atoms with E-state index in [1.807, 2.05) is 0 Å². The highest BCUT2D eigenvalue weighted by Crippen LogP contribution is 2.15. The van der Waals surface area contributed by atoms with Gasteiger partial charge < -0.3 is 15.2 Å². The number of amides is 1. The first-order valence-electron chi connectivity index (χ1n) is 11.9. The molecule has 0 aromatic rings. The number of nitrogens with one attached hydrogen (secondary N) is 2. The van der Waals surface area contributed by atoms with Gasteiger partial charge in [0.15, 0.2) is 0 Å². The van der Waals surface area contributed by atoms with Crippen LogP contribution in [-0.4, -0.2) is 36.6 Å². The van der Waals surface area contributed by atoms with Gasteiger partial charge in [-0.2, -0.15) is 0 Å². The monoisotopic (exact) mass is 400 g/mol. The van der Waals surface area contributed by atoms with Crippen LogP contribution in [0.25, 0.3) is 0 Å². The number of unbranched alkanes of at least 4 members (excludes halogenated alkanes) is 11. The van der Waals surface area contributed by atoms with Gasteiger partial charge in [-0.1, -0.05) is 97.3 Å². The minimum Gasteiger partial charge on any atom is -0.442 e. The van der Waals surface area contributed by atoms with Gasteiger partial charge in [0, 0.05) is 13.1 Å². The van der Waals surface area contributed by atoms with E-state index in [1.165, 1.54) is 77.7 Å². The van der Waals surface area contributed by atoms with Crippen molar-refractivity contribution in [1.82, 2.24) is 10.6 Å². The molecule has 5 nitrogen and oxygen atoms in total. The second-order valence-electron chi connectivity index (χ2n) is 8.14. The molecule has 28 heavy (non-hydrogen) atoms. The third-order valence-electron chi connectivity index (χ3n) is 5.41. The summed E-state index contributed by atoms with van der Waals surface area (Å²) >= 11 is 0. The third kappa shape index (κ3) is 16.2. The summed E-state index contributed by atoms with van der Waals surface area (Å²) < 4.78 is 5.12. The fourth-order valence-corrected chi connectivity index (χ4v) is 3.49. The number of aliphatic hydroxyl groups excluding tert-OH is 1. The molecule has 5 heteroatoms. The molecule has 3 N–H and O–H groups in total. The van der Waals surface area contributed by atoms with Crippen LogP contribution in [0.3, 0.4) is 0 Å². The molecule has 0 saturated carbocycles. The van der Waals surface area contributed by atoms with E-state index in [9.17, 15) is 9.90 Å².